The van der Waals surface area contributed by atoms with Crippen LogP contribution in [0.3, 0.4) is 0 Å². The summed E-state index contributed by atoms with van der Waals surface area (Å²) in [6, 6.07) is 3.93. The lowest BCUT2D eigenvalue weighted by molar-refractivity contribution is -0.128. The van der Waals surface area contributed by atoms with Gasteiger partial charge in [0.2, 0.25) is 5.91 Å². The zero-order chi connectivity index (χ0) is 13.1. The predicted molar refractivity (Wildman–Crippen MR) is 69.8 cm³/mol. The first kappa shape index (κ1) is 13.1. The van der Waals surface area contributed by atoms with Crippen LogP contribution in [0.2, 0.25) is 0 Å². The molecule has 2 rings (SSSR count). The van der Waals surface area contributed by atoms with Crippen molar-refractivity contribution in [1.29, 1.82) is 0 Å². The largest absolute Gasteiger partial charge is 0.463 e. The molecule has 0 aliphatic carbocycles. The van der Waals surface area contributed by atoms with Gasteiger partial charge in [0, 0.05) is 13.0 Å². The van der Waals surface area contributed by atoms with Gasteiger partial charge >= 0.3 is 0 Å². The molecule has 1 atom stereocenters. The van der Waals surface area contributed by atoms with Gasteiger partial charge in [-0.15, -0.1) is 0 Å². The standard InChI is InChI=1S/C14H22N2O2/c1-10(2)11-6-14(17)16(8-11)9-13-5-4-12(18-13)7-15-3/h4-5,10-11,15H,6-9H2,1-3H3. The molecule has 0 saturated carbocycles. The topological polar surface area (TPSA) is 45.5 Å². The maximum absolute atomic E-state index is 11.9. The summed E-state index contributed by atoms with van der Waals surface area (Å²) in [5, 5.41) is 3.05. The average molecular weight is 250 g/mol. The van der Waals surface area contributed by atoms with E-state index in [1.54, 1.807) is 0 Å². The van der Waals surface area contributed by atoms with Crippen LogP contribution in [0, 0.1) is 11.8 Å². The molecule has 4 heteroatoms. The number of carbonyl (C=O) groups is 1. The van der Waals surface area contributed by atoms with Crippen LogP contribution in [0.5, 0.6) is 0 Å². The highest BCUT2D eigenvalue weighted by molar-refractivity contribution is 5.78. The molecule has 2 heterocycles. The molecule has 1 saturated heterocycles. The summed E-state index contributed by atoms with van der Waals surface area (Å²) in [7, 11) is 1.89. The summed E-state index contributed by atoms with van der Waals surface area (Å²) in [6.45, 7) is 6.55. The van der Waals surface area contributed by atoms with Gasteiger partial charge in [-0.2, -0.15) is 0 Å². The van der Waals surface area contributed by atoms with E-state index in [0.29, 0.717) is 24.8 Å². The first-order valence-electron chi connectivity index (χ1n) is 6.60. The maximum Gasteiger partial charge on any atom is 0.223 e. The predicted octanol–water partition coefficient (Wildman–Crippen LogP) is 2.00. The van der Waals surface area contributed by atoms with E-state index in [4.69, 9.17) is 4.42 Å². The third kappa shape index (κ3) is 2.93. The molecule has 0 radical (unpaired) electrons. The molecule has 18 heavy (non-hydrogen) atoms. The van der Waals surface area contributed by atoms with Crippen molar-refractivity contribution in [2.24, 2.45) is 11.8 Å². The van der Waals surface area contributed by atoms with E-state index in [-0.39, 0.29) is 5.91 Å². The van der Waals surface area contributed by atoms with E-state index in [2.05, 4.69) is 19.2 Å². The fourth-order valence-corrected chi connectivity index (χ4v) is 2.37. The molecular formula is C14H22N2O2. The molecule has 1 aromatic rings. The van der Waals surface area contributed by atoms with Crippen LogP contribution >= 0.6 is 0 Å². The summed E-state index contributed by atoms with van der Waals surface area (Å²) in [6.07, 6.45) is 0.682. The van der Waals surface area contributed by atoms with Crippen LogP contribution in [0.25, 0.3) is 0 Å². The molecular weight excluding hydrogens is 228 g/mol. The average Bonchev–Trinajstić information content (AvgIpc) is 2.88. The van der Waals surface area contributed by atoms with Gasteiger partial charge in [-0.3, -0.25) is 4.79 Å². The van der Waals surface area contributed by atoms with E-state index in [9.17, 15) is 4.79 Å². The Bertz CT molecular complexity index is 412. The smallest absolute Gasteiger partial charge is 0.223 e. The lowest BCUT2D eigenvalue weighted by atomic mass is 9.95. The fourth-order valence-electron chi connectivity index (χ4n) is 2.37. The Kier molecular flexibility index (Phi) is 4.07. The van der Waals surface area contributed by atoms with Crippen LogP contribution < -0.4 is 5.32 Å². The highest BCUT2D eigenvalue weighted by atomic mass is 16.3. The van der Waals surface area contributed by atoms with Gasteiger partial charge in [-0.05, 0) is 31.0 Å². The van der Waals surface area contributed by atoms with Crippen molar-refractivity contribution >= 4 is 5.91 Å². The molecule has 100 valence electrons. The number of hydrogen-bond acceptors (Lipinski definition) is 3. The third-order valence-electron chi connectivity index (χ3n) is 3.60. The Morgan fingerprint density at radius 3 is 2.78 bits per heavy atom. The number of nitrogens with zero attached hydrogens (tertiary/aromatic N) is 1. The SMILES string of the molecule is CNCc1ccc(CN2CC(C(C)C)CC2=O)o1. The van der Waals surface area contributed by atoms with Gasteiger partial charge in [-0.1, -0.05) is 13.8 Å². The number of likely N-dealkylation sites (tertiary alicyclic amines) is 1. The summed E-state index contributed by atoms with van der Waals surface area (Å²) >= 11 is 0. The minimum absolute atomic E-state index is 0.250. The van der Waals surface area contributed by atoms with Crippen LogP contribution in [-0.4, -0.2) is 24.4 Å². The Balaban J connectivity index is 1.94. The minimum atomic E-state index is 0.250. The first-order chi connectivity index (χ1) is 8.60. The highest BCUT2D eigenvalue weighted by Crippen LogP contribution is 2.26. The summed E-state index contributed by atoms with van der Waals surface area (Å²) in [4.78, 5) is 13.8. The molecule has 1 fully saturated rings. The van der Waals surface area contributed by atoms with E-state index >= 15 is 0 Å². The molecule has 1 amide bonds. The molecule has 1 N–H and O–H groups in total. The van der Waals surface area contributed by atoms with E-state index < -0.39 is 0 Å². The molecule has 4 nitrogen and oxygen atoms in total. The van der Waals surface area contributed by atoms with E-state index in [1.165, 1.54) is 0 Å². The van der Waals surface area contributed by atoms with Crippen molar-refractivity contribution in [3.63, 3.8) is 0 Å². The zero-order valence-corrected chi connectivity index (χ0v) is 11.4. The second-order valence-electron chi connectivity index (χ2n) is 5.38. The lowest BCUT2D eigenvalue weighted by Gasteiger charge is -2.16. The van der Waals surface area contributed by atoms with Crippen molar-refractivity contribution in [2.45, 2.75) is 33.4 Å². The van der Waals surface area contributed by atoms with Gasteiger partial charge in [0.25, 0.3) is 0 Å². The van der Waals surface area contributed by atoms with Gasteiger partial charge in [0.15, 0.2) is 0 Å². The van der Waals surface area contributed by atoms with Crippen molar-refractivity contribution < 1.29 is 9.21 Å². The van der Waals surface area contributed by atoms with Crippen molar-refractivity contribution in [3.05, 3.63) is 23.7 Å². The van der Waals surface area contributed by atoms with E-state index in [1.807, 2.05) is 24.1 Å². The quantitative estimate of drug-likeness (QED) is 0.869. The molecule has 0 aromatic carbocycles. The number of hydrogen-bond donors (Lipinski definition) is 1. The van der Waals surface area contributed by atoms with Crippen molar-refractivity contribution in [3.8, 4) is 0 Å². The van der Waals surface area contributed by atoms with Crippen LogP contribution in [0.15, 0.2) is 16.5 Å². The number of carbonyl (C=O) groups excluding carboxylic acids is 1. The lowest BCUT2D eigenvalue weighted by Crippen LogP contribution is -2.24. The fraction of sp³-hybridized carbons (Fsp3) is 0.643. The van der Waals surface area contributed by atoms with Crippen LogP contribution in [-0.2, 0) is 17.9 Å². The van der Waals surface area contributed by atoms with Crippen LogP contribution in [0.1, 0.15) is 31.8 Å². The maximum atomic E-state index is 11.9. The number of furan rings is 1. The Hall–Kier alpha value is -1.29. The second-order valence-corrected chi connectivity index (χ2v) is 5.38. The molecule has 0 bridgehead atoms. The van der Waals surface area contributed by atoms with Crippen molar-refractivity contribution in [2.75, 3.05) is 13.6 Å². The second kappa shape index (κ2) is 5.57. The minimum Gasteiger partial charge on any atom is -0.463 e. The first-order valence-corrected chi connectivity index (χ1v) is 6.60. The number of nitrogens with one attached hydrogen (secondary N) is 1. The summed E-state index contributed by atoms with van der Waals surface area (Å²) in [5.74, 6) is 3.09. The van der Waals surface area contributed by atoms with E-state index in [0.717, 1.165) is 24.6 Å². The van der Waals surface area contributed by atoms with Gasteiger partial charge < -0.3 is 14.6 Å². The zero-order valence-electron chi connectivity index (χ0n) is 11.4. The molecule has 0 spiro atoms. The van der Waals surface area contributed by atoms with Crippen molar-refractivity contribution in [1.82, 2.24) is 10.2 Å². The number of amides is 1. The summed E-state index contributed by atoms with van der Waals surface area (Å²) in [5.41, 5.74) is 0. The van der Waals surface area contributed by atoms with Gasteiger partial charge in [-0.25, -0.2) is 0 Å². The monoisotopic (exact) mass is 250 g/mol. The molecule has 1 aliphatic rings. The normalized spacial score (nSPS) is 20.1. The van der Waals surface area contributed by atoms with Gasteiger partial charge in [0.1, 0.15) is 11.5 Å². The molecule has 1 aliphatic heterocycles. The van der Waals surface area contributed by atoms with Crippen LogP contribution in [0.4, 0.5) is 0 Å². The Morgan fingerprint density at radius 1 is 1.44 bits per heavy atom. The molecule has 1 aromatic heterocycles. The summed E-state index contributed by atoms with van der Waals surface area (Å²) < 4.78 is 5.67. The Morgan fingerprint density at radius 2 is 2.17 bits per heavy atom. The molecule has 1 unspecified atom stereocenters. The third-order valence-corrected chi connectivity index (χ3v) is 3.60. The van der Waals surface area contributed by atoms with Gasteiger partial charge in [0.05, 0.1) is 13.1 Å². The number of rotatable bonds is 5. The Labute approximate surface area is 108 Å². The highest BCUT2D eigenvalue weighted by Gasteiger charge is 2.31.